The van der Waals surface area contributed by atoms with Gasteiger partial charge in [0.05, 0.1) is 27.9 Å². The Kier molecular flexibility index (Phi) is 6.77. The number of hydrogen-bond acceptors (Lipinski definition) is 4. The molecule has 0 aromatic heterocycles. The fourth-order valence-corrected chi connectivity index (χ4v) is 3.71. The molecule has 0 fully saturated rings. The van der Waals surface area contributed by atoms with Gasteiger partial charge in [0.1, 0.15) is 18.2 Å². The molecule has 4 aromatic carbocycles. The largest absolute Gasteiger partial charge is 0.488 e. The second kappa shape index (κ2) is 10.1. The number of nitrogens with zero attached hydrogens (tertiary/aromatic N) is 2. The zero-order valence-corrected chi connectivity index (χ0v) is 18.8. The van der Waals surface area contributed by atoms with Crippen molar-refractivity contribution in [3.63, 3.8) is 0 Å². The van der Waals surface area contributed by atoms with E-state index in [0.717, 1.165) is 21.5 Å². The number of carbonyl (C=O) groups is 1. The Morgan fingerprint density at radius 2 is 1.88 bits per heavy atom. The number of nitrogens with one attached hydrogen (secondary N) is 1. The highest BCUT2D eigenvalue weighted by Gasteiger charge is 2.11. The summed E-state index contributed by atoms with van der Waals surface area (Å²) < 4.78 is 20.6. The van der Waals surface area contributed by atoms with Crippen molar-refractivity contribution < 1.29 is 13.9 Å². The van der Waals surface area contributed by atoms with Gasteiger partial charge in [-0.25, -0.2) is 9.82 Å². The van der Waals surface area contributed by atoms with E-state index in [9.17, 15) is 9.18 Å². The van der Waals surface area contributed by atoms with Crippen LogP contribution in [0.3, 0.4) is 0 Å². The van der Waals surface area contributed by atoms with Crippen LogP contribution in [0.2, 0.25) is 0 Å². The van der Waals surface area contributed by atoms with Gasteiger partial charge in [0.25, 0.3) is 5.91 Å². The molecule has 162 valence electrons. The van der Waals surface area contributed by atoms with Crippen molar-refractivity contribution in [3.8, 4) is 11.8 Å². The summed E-state index contributed by atoms with van der Waals surface area (Å²) >= 11 is 3.49. The minimum absolute atomic E-state index is 0.139. The molecule has 0 radical (unpaired) electrons. The van der Waals surface area contributed by atoms with Gasteiger partial charge in [0, 0.05) is 0 Å². The van der Waals surface area contributed by atoms with E-state index in [-0.39, 0.29) is 11.1 Å². The summed E-state index contributed by atoms with van der Waals surface area (Å²) in [6.45, 7) is 0.420. The molecule has 0 aliphatic carbocycles. The van der Waals surface area contributed by atoms with E-state index in [0.29, 0.717) is 17.9 Å². The Morgan fingerprint density at radius 1 is 1.06 bits per heavy atom. The molecule has 1 N–H and O–H groups in total. The van der Waals surface area contributed by atoms with Crippen LogP contribution in [0.25, 0.3) is 10.8 Å². The molecule has 0 unspecified atom stereocenters. The lowest BCUT2D eigenvalue weighted by Crippen LogP contribution is -2.19. The van der Waals surface area contributed by atoms with Gasteiger partial charge in [-0.05, 0) is 80.3 Å². The second-order valence-electron chi connectivity index (χ2n) is 7.17. The van der Waals surface area contributed by atoms with Gasteiger partial charge in [-0.3, -0.25) is 4.79 Å². The van der Waals surface area contributed by atoms with Crippen LogP contribution in [-0.4, -0.2) is 12.1 Å². The van der Waals surface area contributed by atoms with Gasteiger partial charge in [0.15, 0.2) is 0 Å². The van der Waals surface area contributed by atoms with Crippen molar-refractivity contribution in [2.75, 3.05) is 0 Å². The molecule has 4 rings (SSSR count). The van der Waals surface area contributed by atoms with Gasteiger partial charge >= 0.3 is 0 Å². The Labute approximate surface area is 198 Å². The smallest absolute Gasteiger partial charge is 0.274 e. The highest BCUT2D eigenvalue weighted by Crippen LogP contribution is 2.27. The lowest BCUT2D eigenvalue weighted by atomic mass is 10.1. The highest BCUT2D eigenvalue weighted by atomic mass is 79.9. The van der Waals surface area contributed by atoms with Crippen LogP contribution in [-0.2, 0) is 6.61 Å². The van der Waals surface area contributed by atoms with Crippen molar-refractivity contribution in [3.05, 3.63) is 111 Å². The maximum absolute atomic E-state index is 13.9. The average molecular weight is 502 g/mol. The highest BCUT2D eigenvalue weighted by molar-refractivity contribution is 9.10. The third-order valence-corrected chi connectivity index (χ3v) is 5.51. The lowest BCUT2D eigenvalue weighted by Gasteiger charge is -2.10. The fourth-order valence-electron chi connectivity index (χ4n) is 3.20. The molecule has 33 heavy (non-hydrogen) atoms. The van der Waals surface area contributed by atoms with Gasteiger partial charge < -0.3 is 4.74 Å². The van der Waals surface area contributed by atoms with E-state index >= 15 is 0 Å². The van der Waals surface area contributed by atoms with Crippen LogP contribution < -0.4 is 10.2 Å². The topological polar surface area (TPSA) is 74.5 Å². The number of hydrazone groups is 1. The number of nitriles is 1. The van der Waals surface area contributed by atoms with Gasteiger partial charge in [-0.2, -0.15) is 10.4 Å². The van der Waals surface area contributed by atoms with Crippen molar-refractivity contribution in [1.82, 2.24) is 5.43 Å². The predicted octanol–water partition coefficient (Wildman–Crippen LogP) is 5.96. The molecule has 5 nitrogen and oxygen atoms in total. The van der Waals surface area contributed by atoms with E-state index in [2.05, 4.69) is 50.7 Å². The van der Waals surface area contributed by atoms with Crippen LogP contribution in [0.5, 0.6) is 5.75 Å². The van der Waals surface area contributed by atoms with E-state index < -0.39 is 11.7 Å². The van der Waals surface area contributed by atoms with Crippen molar-refractivity contribution in [2.24, 2.45) is 5.10 Å². The van der Waals surface area contributed by atoms with Crippen molar-refractivity contribution >= 4 is 38.8 Å². The minimum Gasteiger partial charge on any atom is -0.488 e. The SMILES string of the molecule is N#Cc1ccc(C(=O)N/N=C\c2ccc(OCc3ccc4ccccc4c3)c(Br)c2)c(F)c1. The van der Waals surface area contributed by atoms with Gasteiger partial charge in [-0.1, -0.05) is 36.4 Å². The Bertz CT molecular complexity index is 1410. The molecule has 0 spiro atoms. The summed E-state index contributed by atoms with van der Waals surface area (Å²) in [5.41, 5.74) is 4.00. The normalized spacial score (nSPS) is 10.8. The van der Waals surface area contributed by atoms with Crippen LogP contribution >= 0.6 is 15.9 Å². The maximum atomic E-state index is 13.9. The zero-order valence-electron chi connectivity index (χ0n) is 17.3. The Balaban J connectivity index is 1.37. The first kappa shape index (κ1) is 22.2. The number of fused-ring (bicyclic) bond motifs is 1. The lowest BCUT2D eigenvalue weighted by molar-refractivity contribution is 0.0951. The number of rotatable bonds is 6. The molecule has 0 atom stereocenters. The van der Waals surface area contributed by atoms with Crippen LogP contribution in [0.4, 0.5) is 4.39 Å². The summed E-state index contributed by atoms with van der Waals surface area (Å²) in [6, 6.07) is 25.2. The molecule has 0 aliphatic rings. The summed E-state index contributed by atoms with van der Waals surface area (Å²) in [7, 11) is 0. The first-order chi connectivity index (χ1) is 16.0. The van der Waals surface area contributed by atoms with Crippen LogP contribution in [0.1, 0.15) is 27.0 Å². The summed E-state index contributed by atoms with van der Waals surface area (Å²) in [5, 5.41) is 15.0. The van der Waals surface area contributed by atoms with Crippen molar-refractivity contribution in [1.29, 1.82) is 5.26 Å². The number of ether oxygens (including phenoxy) is 1. The van der Waals surface area contributed by atoms with Crippen LogP contribution in [0, 0.1) is 17.1 Å². The average Bonchev–Trinajstić information content (AvgIpc) is 2.83. The van der Waals surface area contributed by atoms with Gasteiger partial charge in [0.2, 0.25) is 0 Å². The summed E-state index contributed by atoms with van der Waals surface area (Å²) in [5.74, 6) is -0.816. The monoisotopic (exact) mass is 501 g/mol. The third-order valence-electron chi connectivity index (χ3n) is 4.89. The first-order valence-electron chi connectivity index (χ1n) is 9.96. The minimum atomic E-state index is -0.780. The zero-order chi connectivity index (χ0) is 23.2. The molecule has 0 saturated heterocycles. The Morgan fingerprint density at radius 3 is 2.64 bits per heavy atom. The molecule has 4 aromatic rings. The first-order valence-corrected chi connectivity index (χ1v) is 10.8. The molecule has 1 amide bonds. The molecule has 0 saturated carbocycles. The molecule has 0 bridgehead atoms. The summed E-state index contributed by atoms with van der Waals surface area (Å²) in [6.07, 6.45) is 1.44. The van der Waals surface area contributed by atoms with Gasteiger partial charge in [-0.15, -0.1) is 0 Å². The quantitative estimate of drug-likeness (QED) is 0.261. The standard InChI is InChI=1S/C26H17BrFN3O2/c27-23-12-18(15-30-31-26(32)22-9-6-17(14-29)13-24(22)28)7-10-25(23)33-16-19-5-8-20-3-1-2-4-21(20)11-19/h1-13,15H,16H2,(H,31,32)/b30-15-. The maximum Gasteiger partial charge on any atom is 0.274 e. The molecule has 7 heteroatoms. The number of benzene rings is 4. The van der Waals surface area contributed by atoms with E-state index in [1.54, 1.807) is 18.2 Å². The number of amides is 1. The molecular weight excluding hydrogens is 485 g/mol. The number of carbonyl (C=O) groups excluding carboxylic acids is 1. The van der Waals surface area contributed by atoms with E-state index in [1.807, 2.05) is 24.3 Å². The van der Waals surface area contributed by atoms with Crippen molar-refractivity contribution in [2.45, 2.75) is 6.61 Å². The predicted molar refractivity (Wildman–Crippen MR) is 129 cm³/mol. The number of hydrogen-bond donors (Lipinski definition) is 1. The summed E-state index contributed by atoms with van der Waals surface area (Å²) in [4.78, 5) is 12.1. The fraction of sp³-hybridized carbons (Fsp3) is 0.0385. The molecule has 0 aliphatic heterocycles. The van der Waals surface area contributed by atoms with Crippen LogP contribution in [0.15, 0.2) is 88.4 Å². The third kappa shape index (κ3) is 5.43. The number of halogens is 2. The Hall–Kier alpha value is -4.02. The van der Waals surface area contributed by atoms with E-state index in [1.165, 1.54) is 23.7 Å². The second-order valence-corrected chi connectivity index (χ2v) is 8.02. The molecule has 0 heterocycles. The van der Waals surface area contributed by atoms with E-state index in [4.69, 9.17) is 10.00 Å². The molecular formula is C26H17BrFN3O2.